The zero-order valence-corrected chi connectivity index (χ0v) is 10.4. The molecule has 0 unspecified atom stereocenters. The molecular weight excluding hydrogens is 250 g/mol. The summed E-state index contributed by atoms with van der Waals surface area (Å²) in [7, 11) is 0. The van der Waals surface area contributed by atoms with E-state index in [9.17, 15) is 9.59 Å². The van der Waals surface area contributed by atoms with Crippen LogP contribution in [0, 0.1) is 13.8 Å². The van der Waals surface area contributed by atoms with Crippen LogP contribution in [0.25, 0.3) is 0 Å². The Kier molecular flexibility index (Phi) is 3.32. The van der Waals surface area contributed by atoms with Gasteiger partial charge in [-0.1, -0.05) is 0 Å². The summed E-state index contributed by atoms with van der Waals surface area (Å²) in [5.41, 5.74) is 2.35. The molecule has 0 radical (unpaired) electrons. The van der Waals surface area contributed by atoms with Crippen LogP contribution in [-0.2, 0) is 11.2 Å². The van der Waals surface area contributed by atoms with Crippen LogP contribution in [0.1, 0.15) is 27.4 Å². The number of nitrogens with zero attached hydrogens (tertiary/aromatic N) is 2. The summed E-state index contributed by atoms with van der Waals surface area (Å²) in [6.07, 6.45) is 0.156. The predicted octanol–water partition coefficient (Wildman–Crippen LogP) is 0.629. The summed E-state index contributed by atoms with van der Waals surface area (Å²) in [5.74, 6) is -1.23. The van der Waals surface area contributed by atoms with Crippen LogP contribution in [0.15, 0.2) is 6.07 Å². The highest BCUT2D eigenvalue weighted by atomic mass is 16.4. The molecule has 100 valence electrons. The van der Waals surface area contributed by atoms with Crippen LogP contribution >= 0.6 is 0 Å². The van der Waals surface area contributed by atoms with Crippen molar-refractivity contribution in [3.05, 3.63) is 28.7 Å². The minimum absolute atomic E-state index is 0.0778. The van der Waals surface area contributed by atoms with Crippen LogP contribution in [0.2, 0.25) is 0 Å². The molecule has 2 aromatic rings. The molecule has 2 rings (SSSR count). The van der Waals surface area contributed by atoms with Gasteiger partial charge in [-0.3, -0.25) is 15.0 Å². The Balaban J connectivity index is 2.03. The molecule has 0 saturated carbocycles. The van der Waals surface area contributed by atoms with Crippen molar-refractivity contribution in [2.75, 3.05) is 5.32 Å². The van der Waals surface area contributed by atoms with E-state index in [0.717, 1.165) is 17.0 Å². The van der Waals surface area contributed by atoms with Crippen molar-refractivity contribution < 1.29 is 14.7 Å². The van der Waals surface area contributed by atoms with E-state index in [0.29, 0.717) is 0 Å². The standard InChI is InChI=1S/C11H13N5O3/c1-5-7(6(2)14-13-5)3-10(17)12-9-4-8(11(18)19)15-16-9/h4H,3H2,1-2H3,(H,13,14)(H,18,19)(H2,12,15,16,17). The molecule has 19 heavy (non-hydrogen) atoms. The van der Waals surface area contributed by atoms with Gasteiger partial charge in [-0.05, 0) is 13.8 Å². The van der Waals surface area contributed by atoms with Crippen LogP contribution in [0.4, 0.5) is 5.82 Å². The van der Waals surface area contributed by atoms with E-state index in [1.165, 1.54) is 6.07 Å². The molecule has 0 atom stereocenters. The quantitative estimate of drug-likeness (QED) is 0.644. The number of carboxylic acid groups (broad SMARTS) is 1. The van der Waals surface area contributed by atoms with Gasteiger partial charge in [0.15, 0.2) is 5.82 Å². The van der Waals surface area contributed by atoms with Gasteiger partial charge in [-0.2, -0.15) is 10.2 Å². The first kappa shape index (κ1) is 12.8. The molecule has 1 amide bonds. The molecular formula is C11H13N5O3. The Morgan fingerprint density at radius 1 is 1.32 bits per heavy atom. The molecule has 0 aromatic carbocycles. The van der Waals surface area contributed by atoms with Crippen molar-refractivity contribution in [2.45, 2.75) is 20.3 Å². The zero-order valence-electron chi connectivity index (χ0n) is 10.4. The third-order valence-electron chi connectivity index (χ3n) is 2.69. The van der Waals surface area contributed by atoms with Crippen LogP contribution in [-0.4, -0.2) is 37.4 Å². The van der Waals surface area contributed by atoms with Crippen molar-refractivity contribution in [1.82, 2.24) is 20.4 Å². The van der Waals surface area contributed by atoms with Crippen LogP contribution in [0.5, 0.6) is 0 Å². The Morgan fingerprint density at radius 2 is 2.05 bits per heavy atom. The zero-order chi connectivity index (χ0) is 14.0. The van der Waals surface area contributed by atoms with E-state index >= 15 is 0 Å². The number of carbonyl (C=O) groups is 2. The number of aromatic amines is 2. The molecule has 8 nitrogen and oxygen atoms in total. The number of carbonyl (C=O) groups excluding carboxylic acids is 1. The highest BCUT2D eigenvalue weighted by Gasteiger charge is 2.14. The lowest BCUT2D eigenvalue weighted by Crippen LogP contribution is -2.15. The summed E-state index contributed by atoms with van der Waals surface area (Å²) in [6, 6.07) is 1.26. The molecule has 4 N–H and O–H groups in total. The maximum Gasteiger partial charge on any atom is 0.353 e. The number of anilines is 1. The maximum atomic E-state index is 11.8. The van der Waals surface area contributed by atoms with Crippen molar-refractivity contribution >= 4 is 17.7 Å². The summed E-state index contributed by atoms with van der Waals surface area (Å²) in [6.45, 7) is 3.64. The van der Waals surface area contributed by atoms with Crippen molar-refractivity contribution in [3.63, 3.8) is 0 Å². The first-order chi connectivity index (χ1) is 8.97. The fraction of sp³-hybridized carbons (Fsp3) is 0.273. The molecule has 0 fully saturated rings. The number of amides is 1. The fourth-order valence-electron chi connectivity index (χ4n) is 1.68. The van der Waals surface area contributed by atoms with Gasteiger partial charge in [-0.15, -0.1) is 0 Å². The lowest BCUT2D eigenvalue weighted by Gasteiger charge is -2.01. The summed E-state index contributed by atoms with van der Waals surface area (Å²) < 4.78 is 0. The number of aromatic carboxylic acids is 1. The number of H-pyrrole nitrogens is 2. The Bertz CT molecular complexity index is 609. The Hall–Kier alpha value is -2.64. The molecule has 2 heterocycles. The van der Waals surface area contributed by atoms with Crippen LogP contribution in [0.3, 0.4) is 0 Å². The van der Waals surface area contributed by atoms with E-state index in [2.05, 4.69) is 25.7 Å². The maximum absolute atomic E-state index is 11.8. The van der Waals surface area contributed by atoms with E-state index < -0.39 is 5.97 Å². The average Bonchev–Trinajstić information content (AvgIpc) is 2.91. The number of rotatable bonds is 4. The minimum atomic E-state index is -1.13. The molecule has 2 aromatic heterocycles. The first-order valence-corrected chi connectivity index (χ1v) is 5.56. The van der Waals surface area contributed by atoms with Gasteiger partial charge in [0.1, 0.15) is 5.69 Å². The summed E-state index contributed by atoms with van der Waals surface area (Å²) in [4.78, 5) is 22.5. The second-order valence-electron chi connectivity index (χ2n) is 4.11. The minimum Gasteiger partial charge on any atom is -0.477 e. The number of hydrogen-bond acceptors (Lipinski definition) is 4. The second kappa shape index (κ2) is 4.92. The van der Waals surface area contributed by atoms with Gasteiger partial charge < -0.3 is 10.4 Å². The van der Waals surface area contributed by atoms with Gasteiger partial charge in [0.05, 0.1) is 12.1 Å². The first-order valence-electron chi connectivity index (χ1n) is 5.56. The SMILES string of the molecule is Cc1n[nH]c(C)c1CC(=O)Nc1cc(C(=O)O)[nH]n1. The Labute approximate surface area is 108 Å². The normalized spacial score (nSPS) is 10.4. The van der Waals surface area contributed by atoms with E-state index in [4.69, 9.17) is 5.11 Å². The third-order valence-corrected chi connectivity index (χ3v) is 2.69. The molecule has 0 spiro atoms. The molecule has 0 saturated heterocycles. The number of aryl methyl sites for hydroxylation is 2. The summed E-state index contributed by atoms with van der Waals surface area (Å²) >= 11 is 0. The van der Waals surface area contributed by atoms with Crippen molar-refractivity contribution in [1.29, 1.82) is 0 Å². The third kappa shape index (κ3) is 2.79. The number of aromatic nitrogens is 4. The monoisotopic (exact) mass is 263 g/mol. The van der Waals surface area contributed by atoms with Gasteiger partial charge in [0.2, 0.25) is 5.91 Å². The van der Waals surface area contributed by atoms with Crippen molar-refractivity contribution in [3.8, 4) is 0 Å². The second-order valence-corrected chi connectivity index (χ2v) is 4.11. The smallest absolute Gasteiger partial charge is 0.353 e. The molecule has 0 bridgehead atoms. The van der Waals surface area contributed by atoms with Crippen molar-refractivity contribution in [2.24, 2.45) is 0 Å². The average molecular weight is 263 g/mol. The number of nitrogens with one attached hydrogen (secondary N) is 3. The van der Waals surface area contributed by atoms with Gasteiger partial charge >= 0.3 is 5.97 Å². The predicted molar refractivity (Wildman–Crippen MR) is 65.9 cm³/mol. The molecule has 0 aliphatic carbocycles. The molecule has 0 aliphatic rings. The lowest BCUT2D eigenvalue weighted by atomic mass is 10.1. The van der Waals surface area contributed by atoms with Gasteiger partial charge in [0.25, 0.3) is 0 Å². The van der Waals surface area contributed by atoms with E-state index in [1.807, 2.05) is 13.8 Å². The number of carboxylic acids is 1. The lowest BCUT2D eigenvalue weighted by molar-refractivity contribution is -0.115. The highest BCUT2D eigenvalue weighted by Crippen LogP contribution is 2.11. The molecule has 0 aliphatic heterocycles. The van der Waals surface area contributed by atoms with Crippen LogP contribution < -0.4 is 5.32 Å². The van der Waals surface area contributed by atoms with E-state index in [-0.39, 0.29) is 23.8 Å². The topological polar surface area (TPSA) is 124 Å². The van der Waals surface area contributed by atoms with Gasteiger partial charge in [0, 0.05) is 17.3 Å². The largest absolute Gasteiger partial charge is 0.477 e. The van der Waals surface area contributed by atoms with E-state index in [1.54, 1.807) is 0 Å². The number of hydrogen-bond donors (Lipinski definition) is 4. The Morgan fingerprint density at radius 3 is 2.58 bits per heavy atom. The highest BCUT2D eigenvalue weighted by molar-refractivity contribution is 5.93. The molecule has 8 heteroatoms. The summed E-state index contributed by atoms with van der Waals surface area (Å²) in [5, 5.41) is 24.0. The van der Waals surface area contributed by atoms with Gasteiger partial charge in [-0.25, -0.2) is 4.79 Å². The fourth-order valence-corrected chi connectivity index (χ4v) is 1.68.